The normalized spacial score (nSPS) is 16.3. The van der Waals surface area contributed by atoms with E-state index in [0.717, 1.165) is 44.7 Å². The summed E-state index contributed by atoms with van der Waals surface area (Å²) in [7, 11) is 0. The minimum absolute atomic E-state index is 0.210. The first-order valence-corrected chi connectivity index (χ1v) is 7.19. The highest BCUT2D eigenvalue weighted by Gasteiger charge is 2.25. The third kappa shape index (κ3) is 3.45. The van der Waals surface area contributed by atoms with E-state index in [9.17, 15) is 4.79 Å². The summed E-state index contributed by atoms with van der Waals surface area (Å²) < 4.78 is 6.52. The van der Waals surface area contributed by atoms with Crippen molar-refractivity contribution < 1.29 is 9.32 Å². The smallest absolute Gasteiger partial charge is 0.222 e. The van der Waals surface area contributed by atoms with Crippen LogP contribution in [0.1, 0.15) is 37.4 Å². The van der Waals surface area contributed by atoms with Gasteiger partial charge in [-0.25, -0.2) is 4.98 Å². The van der Waals surface area contributed by atoms with Gasteiger partial charge in [0.15, 0.2) is 5.82 Å². The lowest BCUT2D eigenvalue weighted by Gasteiger charge is -2.30. The number of likely N-dealkylation sites (tertiary alicyclic amines) is 1. The van der Waals surface area contributed by atoms with Crippen LogP contribution in [-0.4, -0.2) is 48.8 Å². The molecule has 0 N–H and O–H groups in total. The van der Waals surface area contributed by atoms with Crippen molar-refractivity contribution in [3.05, 3.63) is 24.9 Å². The largest absolute Gasteiger partial charge is 0.343 e. The molecule has 112 valence electrons. The maximum absolute atomic E-state index is 12.2. The zero-order valence-corrected chi connectivity index (χ0v) is 11.8. The monoisotopic (exact) mass is 290 g/mol. The Balaban J connectivity index is 1.40. The van der Waals surface area contributed by atoms with E-state index < -0.39 is 0 Å². The average molecular weight is 290 g/mol. The molecule has 1 saturated heterocycles. The van der Waals surface area contributed by atoms with Gasteiger partial charge in [-0.15, -0.1) is 0 Å². The Morgan fingerprint density at radius 2 is 2.24 bits per heavy atom. The molecule has 8 nitrogen and oxygen atoms in total. The Labute approximate surface area is 122 Å². The van der Waals surface area contributed by atoms with E-state index in [1.807, 2.05) is 4.90 Å². The van der Waals surface area contributed by atoms with Gasteiger partial charge in [0.1, 0.15) is 12.7 Å². The van der Waals surface area contributed by atoms with E-state index in [-0.39, 0.29) is 5.91 Å². The molecule has 0 radical (unpaired) electrons. The zero-order chi connectivity index (χ0) is 14.5. The van der Waals surface area contributed by atoms with E-state index in [1.165, 1.54) is 12.7 Å². The fraction of sp³-hybridized carbons (Fsp3) is 0.615. The van der Waals surface area contributed by atoms with Crippen molar-refractivity contribution in [1.29, 1.82) is 0 Å². The molecule has 1 aliphatic heterocycles. The van der Waals surface area contributed by atoms with Crippen molar-refractivity contribution in [3.63, 3.8) is 0 Å². The summed E-state index contributed by atoms with van der Waals surface area (Å²) in [5, 5.41) is 7.90. The summed E-state index contributed by atoms with van der Waals surface area (Å²) >= 11 is 0. The first kappa shape index (κ1) is 13.7. The van der Waals surface area contributed by atoms with Gasteiger partial charge in [-0.1, -0.05) is 5.16 Å². The molecule has 0 bridgehead atoms. The third-order valence-electron chi connectivity index (χ3n) is 3.84. The van der Waals surface area contributed by atoms with Gasteiger partial charge in [0, 0.05) is 32.0 Å². The Morgan fingerprint density at radius 1 is 1.38 bits per heavy atom. The quantitative estimate of drug-likeness (QED) is 0.810. The molecule has 1 amide bonds. The van der Waals surface area contributed by atoms with Crippen LogP contribution >= 0.6 is 0 Å². The molecule has 0 unspecified atom stereocenters. The molecule has 2 aromatic heterocycles. The average Bonchev–Trinajstić information content (AvgIpc) is 3.21. The summed E-state index contributed by atoms with van der Waals surface area (Å²) in [6.45, 7) is 2.26. The summed E-state index contributed by atoms with van der Waals surface area (Å²) in [6.07, 6.45) is 7.66. The summed E-state index contributed by atoms with van der Waals surface area (Å²) in [6, 6.07) is 0. The molecule has 0 atom stereocenters. The molecule has 1 aliphatic rings. The van der Waals surface area contributed by atoms with Crippen molar-refractivity contribution in [3.8, 4) is 0 Å². The minimum Gasteiger partial charge on any atom is -0.343 e. The number of aryl methyl sites for hydroxylation is 1. The Bertz CT molecular complexity index is 545. The lowest BCUT2D eigenvalue weighted by molar-refractivity contribution is -0.132. The van der Waals surface area contributed by atoms with Crippen LogP contribution in [0.4, 0.5) is 0 Å². The van der Waals surface area contributed by atoms with Crippen LogP contribution in [-0.2, 0) is 11.3 Å². The maximum Gasteiger partial charge on any atom is 0.222 e. The molecule has 0 aromatic carbocycles. The predicted molar refractivity (Wildman–Crippen MR) is 72.1 cm³/mol. The van der Waals surface area contributed by atoms with Crippen LogP contribution in [0.25, 0.3) is 0 Å². The van der Waals surface area contributed by atoms with Crippen molar-refractivity contribution in [2.24, 2.45) is 0 Å². The Kier molecular flexibility index (Phi) is 4.23. The van der Waals surface area contributed by atoms with Gasteiger partial charge in [-0.2, -0.15) is 10.1 Å². The van der Waals surface area contributed by atoms with Crippen LogP contribution in [0.15, 0.2) is 23.6 Å². The topological polar surface area (TPSA) is 89.9 Å². The van der Waals surface area contributed by atoms with Crippen molar-refractivity contribution >= 4 is 5.91 Å². The Morgan fingerprint density at radius 3 is 2.90 bits per heavy atom. The fourth-order valence-electron chi connectivity index (χ4n) is 2.64. The number of hydrogen-bond donors (Lipinski definition) is 0. The van der Waals surface area contributed by atoms with Gasteiger partial charge in [-0.3, -0.25) is 9.48 Å². The zero-order valence-electron chi connectivity index (χ0n) is 11.8. The van der Waals surface area contributed by atoms with Crippen molar-refractivity contribution in [2.75, 3.05) is 13.1 Å². The van der Waals surface area contributed by atoms with Crippen LogP contribution in [0, 0.1) is 0 Å². The third-order valence-corrected chi connectivity index (χ3v) is 3.84. The van der Waals surface area contributed by atoms with Gasteiger partial charge in [-0.05, 0) is 19.3 Å². The van der Waals surface area contributed by atoms with E-state index in [1.54, 1.807) is 11.0 Å². The first-order valence-electron chi connectivity index (χ1n) is 7.19. The highest BCUT2D eigenvalue weighted by atomic mass is 16.5. The van der Waals surface area contributed by atoms with Gasteiger partial charge in [0.05, 0.1) is 0 Å². The molecular formula is C13H18N6O2. The SMILES string of the molecule is O=C(CCCn1cncn1)N1CCC(c2ncon2)CC1. The molecule has 8 heteroatoms. The molecule has 3 heterocycles. The van der Waals surface area contributed by atoms with Crippen molar-refractivity contribution in [1.82, 2.24) is 29.8 Å². The molecule has 21 heavy (non-hydrogen) atoms. The number of carbonyl (C=O) groups excluding carboxylic acids is 1. The van der Waals surface area contributed by atoms with E-state index in [4.69, 9.17) is 4.52 Å². The summed E-state index contributed by atoms with van der Waals surface area (Å²) in [4.78, 5) is 22.0. The lowest BCUT2D eigenvalue weighted by atomic mass is 9.96. The summed E-state index contributed by atoms with van der Waals surface area (Å²) in [5.74, 6) is 1.28. The number of amides is 1. The molecule has 2 aromatic rings. The number of piperidine rings is 1. The van der Waals surface area contributed by atoms with Gasteiger partial charge >= 0.3 is 0 Å². The second kappa shape index (κ2) is 6.47. The molecular weight excluding hydrogens is 272 g/mol. The van der Waals surface area contributed by atoms with Crippen LogP contribution < -0.4 is 0 Å². The van der Waals surface area contributed by atoms with Crippen molar-refractivity contribution in [2.45, 2.75) is 38.1 Å². The highest BCUT2D eigenvalue weighted by Crippen LogP contribution is 2.25. The van der Waals surface area contributed by atoms with Crippen LogP contribution in [0.5, 0.6) is 0 Å². The number of hydrogen-bond acceptors (Lipinski definition) is 6. The van der Waals surface area contributed by atoms with E-state index in [2.05, 4.69) is 20.2 Å². The fourth-order valence-corrected chi connectivity index (χ4v) is 2.64. The predicted octanol–water partition coefficient (Wildman–Crippen LogP) is 0.847. The molecule has 0 saturated carbocycles. The Hall–Kier alpha value is -2.25. The van der Waals surface area contributed by atoms with Gasteiger partial charge in [0.25, 0.3) is 0 Å². The van der Waals surface area contributed by atoms with Crippen LogP contribution in [0.2, 0.25) is 0 Å². The molecule has 0 aliphatic carbocycles. The number of rotatable bonds is 5. The molecule has 3 rings (SSSR count). The standard InChI is InChI=1S/C13H18N6O2/c20-12(2-1-5-19-9-14-8-16-19)18-6-3-11(4-7-18)13-15-10-21-17-13/h8-11H,1-7H2. The lowest BCUT2D eigenvalue weighted by Crippen LogP contribution is -2.38. The van der Waals surface area contributed by atoms with Gasteiger partial charge < -0.3 is 9.42 Å². The highest BCUT2D eigenvalue weighted by molar-refractivity contribution is 5.76. The number of carbonyl (C=O) groups is 1. The van der Waals surface area contributed by atoms with E-state index >= 15 is 0 Å². The second-order valence-corrected chi connectivity index (χ2v) is 5.21. The minimum atomic E-state index is 0.210. The van der Waals surface area contributed by atoms with E-state index in [0.29, 0.717) is 12.3 Å². The summed E-state index contributed by atoms with van der Waals surface area (Å²) in [5.41, 5.74) is 0. The molecule has 0 spiro atoms. The number of aromatic nitrogens is 5. The second-order valence-electron chi connectivity index (χ2n) is 5.21. The maximum atomic E-state index is 12.2. The van der Waals surface area contributed by atoms with Crippen LogP contribution in [0.3, 0.4) is 0 Å². The number of nitrogens with zero attached hydrogens (tertiary/aromatic N) is 6. The van der Waals surface area contributed by atoms with Gasteiger partial charge in [0.2, 0.25) is 12.3 Å². The molecule has 1 fully saturated rings. The first-order chi connectivity index (χ1) is 10.3.